The predicted molar refractivity (Wildman–Crippen MR) is 114 cm³/mol. The van der Waals surface area contributed by atoms with Gasteiger partial charge < -0.3 is 13.6 Å². The molecule has 0 fully saturated rings. The van der Waals surface area contributed by atoms with E-state index in [0.717, 1.165) is 17.0 Å². The first-order valence-corrected chi connectivity index (χ1v) is 8.73. The lowest BCUT2D eigenvalue weighted by Crippen LogP contribution is -2.10. The Morgan fingerprint density at radius 3 is 1.71 bits per heavy atom. The fourth-order valence-corrected chi connectivity index (χ4v) is 1.70. The predicted octanol–water partition coefficient (Wildman–Crippen LogP) is 7.01. The van der Waals surface area contributed by atoms with Crippen molar-refractivity contribution in [1.29, 1.82) is 0 Å². The summed E-state index contributed by atoms with van der Waals surface area (Å²) < 4.78 is 14.2. The third-order valence-electron chi connectivity index (χ3n) is 3.53. The molecule has 0 saturated heterocycles. The molecule has 0 atom stereocenters. The number of aromatic nitrogens is 3. The van der Waals surface area contributed by atoms with Crippen LogP contribution in [0.5, 0.6) is 0 Å². The molecule has 3 rings (SSSR count). The highest BCUT2D eigenvalue weighted by atomic mass is 16.5. The van der Waals surface area contributed by atoms with Gasteiger partial charge in [-0.15, -0.1) is 0 Å². The van der Waals surface area contributed by atoms with Crippen LogP contribution in [0.3, 0.4) is 0 Å². The van der Waals surface area contributed by atoms with Gasteiger partial charge in [-0.05, 0) is 5.41 Å². The van der Waals surface area contributed by atoms with E-state index in [2.05, 4.69) is 70.9 Å². The van der Waals surface area contributed by atoms with E-state index in [-0.39, 0.29) is 25.7 Å². The van der Waals surface area contributed by atoms with Gasteiger partial charge in [0.15, 0.2) is 0 Å². The van der Waals surface area contributed by atoms with Gasteiger partial charge in [0, 0.05) is 29.0 Å². The highest BCUT2D eigenvalue weighted by Gasteiger charge is 2.16. The minimum atomic E-state index is 0. The Morgan fingerprint density at radius 1 is 0.857 bits per heavy atom. The van der Waals surface area contributed by atoms with E-state index in [9.17, 15) is 0 Å². The van der Waals surface area contributed by atoms with Crippen LogP contribution in [-0.2, 0) is 10.8 Å². The lowest BCUT2D eigenvalue weighted by Gasteiger charge is -2.13. The van der Waals surface area contributed by atoms with Crippen LogP contribution >= 0.6 is 0 Å². The minimum absolute atomic E-state index is 0. The van der Waals surface area contributed by atoms with Crippen molar-refractivity contribution in [2.45, 2.75) is 87.0 Å². The maximum absolute atomic E-state index is 4.84. The van der Waals surface area contributed by atoms with E-state index in [1.165, 1.54) is 0 Å². The number of hydrogen-bond acceptors (Lipinski definition) is 6. The van der Waals surface area contributed by atoms with Gasteiger partial charge in [0.1, 0.15) is 18.3 Å². The van der Waals surface area contributed by atoms with E-state index in [1.54, 1.807) is 24.9 Å². The van der Waals surface area contributed by atoms with Gasteiger partial charge in [-0.3, -0.25) is 0 Å². The topological polar surface area (TPSA) is 78.1 Å². The van der Waals surface area contributed by atoms with E-state index in [1.807, 2.05) is 12.1 Å². The molecule has 0 unspecified atom stereocenters. The molecule has 0 amide bonds. The molecule has 6 nitrogen and oxygen atoms in total. The summed E-state index contributed by atoms with van der Waals surface area (Å²) in [6.45, 7) is 16.8. The first-order chi connectivity index (χ1) is 12.0. The Morgan fingerprint density at radius 2 is 1.50 bits per heavy atom. The lowest BCUT2D eigenvalue weighted by atomic mass is 9.90. The van der Waals surface area contributed by atoms with Crippen LogP contribution in [0.25, 0.3) is 0 Å². The molecule has 0 N–H and O–H groups in total. The molecule has 3 aromatic rings. The number of nitrogens with zero attached hydrogens (tertiary/aromatic N) is 3. The fraction of sp³-hybridized carbons (Fsp3) is 0.591. The van der Waals surface area contributed by atoms with Gasteiger partial charge in [0.25, 0.3) is 0 Å². The number of hydrogen-bond donors (Lipinski definition) is 0. The lowest BCUT2D eigenvalue weighted by molar-refractivity contribution is 0.371. The molecule has 0 saturated carbocycles. The zero-order chi connectivity index (χ0) is 19.8. The SMILES string of the molecule is C.C.CC(C)(C)c1ccon1.CC(C)(C)c1cnoc1.CC(C)c1ccno1. The van der Waals surface area contributed by atoms with Gasteiger partial charge in [0.2, 0.25) is 0 Å². The van der Waals surface area contributed by atoms with Crippen LogP contribution in [-0.4, -0.2) is 15.5 Å². The van der Waals surface area contributed by atoms with Gasteiger partial charge >= 0.3 is 0 Å². The molecule has 160 valence electrons. The van der Waals surface area contributed by atoms with Crippen LogP contribution in [0.1, 0.15) is 93.2 Å². The molecule has 3 heterocycles. The van der Waals surface area contributed by atoms with Crippen molar-refractivity contribution in [3.8, 4) is 0 Å². The minimum Gasteiger partial charge on any atom is -0.364 e. The average Bonchev–Trinajstić information content (AvgIpc) is 3.28. The average molecular weight is 394 g/mol. The zero-order valence-electron chi connectivity index (χ0n) is 17.1. The van der Waals surface area contributed by atoms with Gasteiger partial charge in [-0.1, -0.05) is 85.7 Å². The molecule has 6 heteroatoms. The second-order valence-corrected chi connectivity index (χ2v) is 8.37. The molecular formula is C22H39N3O3. The molecule has 0 aromatic carbocycles. The summed E-state index contributed by atoms with van der Waals surface area (Å²) in [5, 5.41) is 11.0. The van der Waals surface area contributed by atoms with Gasteiger partial charge in [-0.25, -0.2) is 0 Å². The molecule has 3 aromatic heterocycles. The normalized spacial score (nSPS) is 10.6. The van der Waals surface area contributed by atoms with Crippen molar-refractivity contribution < 1.29 is 13.6 Å². The summed E-state index contributed by atoms with van der Waals surface area (Å²) in [6.07, 6.45) is 6.69. The van der Waals surface area contributed by atoms with Crippen LogP contribution in [0, 0.1) is 0 Å². The largest absolute Gasteiger partial charge is 0.364 e. The quantitative estimate of drug-likeness (QED) is 0.442. The van der Waals surface area contributed by atoms with Crippen molar-refractivity contribution in [2.24, 2.45) is 0 Å². The van der Waals surface area contributed by atoms with E-state index in [4.69, 9.17) is 13.6 Å². The maximum Gasteiger partial charge on any atom is 0.139 e. The third kappa shape index (κ3) is 10.1. The van der Waals surface area contributed by atoms with E-state index in [0.29, 0.717) is 5.92 Å². The monoisotopic (exact) mass is 393 g/mol. The molecule has 0 aliphatic heterocycles. The van der Waals surface area contributed by atoms with Crippen molar-refractivity contribution in [3.05, 3.63) is 54.1 Å². The van der Waals surface area contributed by atoms with E-state index < -0.39 is 0 Å². The van der Waals surface area contributed by atoms with Crippen molar-refractivity contribution in [3.63, 3.8) is 0 Å². The summed E-state index contributed by atoms with van der Waals surface area (Å²) in [5.74, 6) is 1.41. The fourth-order valence-electron chi connectivity index (χ4n) is 1.70. The number of rotatable bonds is 1. The Balaban J connectivity index is 0. The van der Waals surface area contributed by atoms with Crippen molar-refractivity contribution in [1.82, 2.24) is 15.5 Å². The molecule has 0 aliphatic carbocycles. The third-order valence-corrected chi connectivity index (χ3v) is 3.53. The first kappa shape index (κ1) is 27.8. The summed E-state index contributed by atoms with van der Waals surface area (Å²) in [5.41, 5.74) is 2.43. The second-order valence-electron chi connectivity index (χ2n) is 8.37. The Labute approximate surface area is 170 Å². The van der Waals surface area contributed by atoms with Gasteiger partial charge in [0.05, 0.1) is 18.1 Å². The second kappa shape index (κ2) is 12.2. The van der Waals surface area contributed by atoms with Crippen molar-refractivity contribution >= 4 is 0 Å². The maximum atomic E-state index is 4.84. The summed E-state index contributed by atoms with van der Waals surface area (Å²) >= 11 is 0. The van der Waals surface area contributed by atoms with Crippen LogP contribution in [0.15, 0.2) is 50.6 Å². The van der Waals surface area contributed by atoms with Crippen LogP contribution < -0.4 is 0 Å². The Hall–Kier alpha value is -2.37. The van der Waals surface area contributed by atoms with Crippen molar-refractivity contribution in [2.75, 3.05) is 0 Å². The highest BCUT2D eigenvalue weighted by Crippen LogP contribution is 2.20. The standard InChI is InChI=1S/2C7H11NO.C6H9NO.2CH4/c1-7(2,3)6-4-8-9-5-6;1-7(2,3)6-4-5-9-8-6;1-5(2)6-3-4-7-8-6;;/h2*4-5H,1-3H3;3-5H,1-2H3;2*1H4. The molecule has 0 radical (unpaired) electrons. The molecule has 0 aliphatic rings. The molecule has 28 heavy (non-hydrogen) atoms. The van der Waals surface area contributed by atoms with E-state index >= 15 is 0 Å². The summed E-state index contributed by atoms with van der Waals surface area (Å²) in [6, 6.07) is 3.77. The van der Waals surface area contributed by atoms with Gasteiger partial charge in [-0.2, -0.15) is 0 Å². The molecule has 0 spiro atoms. The van der Waals surface area contributed by atoms with Crippen LogP contribution in [0.4, 0.5) is 0 Å². The summed E-state index contributed by atoms with van der Waals surface area (Å²) in [4.78, 5) is 0. The Kier molecular flexibility index (Phi) is 12.1. The highest BCUT2D eigenvalue weighted by molar-refractivity contribution is 5.12. The summed E-state index contributed by atoms with van der Waals surface area (Å²) in [7, 11) is 0. The van der Waals surface area contributed by atoms with Crippen LogP contribution in [0.2, 0.25) is 0 Å². The molecule has 0 bridgehead atoms. The smallest absolute Gasteiger partial charge is 0.139 e. The molecular weight excluding hydrogens is 354 g/mol. The zero-order valence-corrected chi connectivity index (χ0v) is 17.1. The first-order valence-electron chi connectivity index (χ1n) is 8.73. The Bertz CT molecular complexity index is 643.